The van der Waals surface area contributed by atoms with Crippen molar-refractivity contribution < 1.29 is 4.43 Å². The topological polar surface area (TPSA) is 9.23 Å². The Balaban J connectivity index is 2.42. The third kappa shape index (κ3) is 2.69. The molecule has 5 heteroatoms. The molecule has 1 heterocycles. The van der Waals surface area contributed by atoms with E-state index in [4.69, 9.17) is 4.43 Å². The van der Waals surface area contributed by atoms with Crippen LogP contribution in [0.1, 0.15) is 12.0 Å². The van der Waals surface area contributed by atoms with E-state index in [9.17, 15) is 0 Å². The first-order valence-corrected chi connectivity index (χ1v) is 24.7. The van der Waals surface area contributed by atoms with Gasteiger partial charge in [0.25, 0.3) is 0 Å². The molecule has 1 aliphatic carbocycles. The molecule has 0 unspecified atom stereocenters. The zero-order chi connectivity index (χ0) is 19.6. The second kappa shape index (κ2) is 6.14. The van der Waals surface area contributed by atoms with Crippen LogP contribution in [0.4, 0.5) is 0 Å². The minimum absolute atomic E-state index is 0.00704. The zero-order valence-electron chi connectivity index (χ0n) is 18.3. The van der Waals surface area contributed by atoms with Gasteiger partial charge in [0.2, 0.25) is 0 Å². The number of fused-ring (bicyclic) bond motifs is 2. The molecule has 1 fully saturated rings. The van der Waals surface area contributed by atoms with Crippen LogP contribution < -0.4 is 0 Å². The summed E-state index contributed by atoms with van der Waals surface area (Å²) in [4.78, 5) is 0. The summed E-state index contributed by atoms with van der Waals surface area (Å²) in [7, 11) is -6.33. The van der Waals surface area contributed by atoms with Crippen LogP contribution >= 0.6 is 0 Å². The van der Waals surface area contributed by atoms with Gasteiger partial charge in [-0.3, -0.25) is 0 Å². The van der Waals surface area contributed by atoms with Crippen molar-refractivity contribution in [1.29, 1.82) is 0 Å². The van der Waals surface area contributed by atoms with Gasteiger partial charge in [-0.2, -0.15) is 0 Å². The van der Waals surface area contributed by atoms with Crippen LogP contribution in [0.5, 0.6) is 0 Å². The van der Waals surface area contributed by atoms with E-state index in [1.807, 2.05) is 0 Å². The van der Waals surface area contributed by atoms with Crippen molar-refractivity contribution >= 4 is 30.6 Å². The quantitative estimate of drug-likeness (QED) is 0.391. The molecule has 1 saturated heterocycles. The molecule has 2 bridgehead atoms. The predicted octanol–water partition coefficient (Wildman–Crippen LogP) is 6.51. The minimum Gasteiger partial charge on any atom is -0.411 e. The Labute approximate surface area is 165 Å². The van der Waals surface area contributed by atoms with Crippen LogP contribution in [0.2, 0.25) is 64.5 Å². The monoisotopic (exact) mass is 418 g/mol. The average Bonchev–Trinajstić information content (AvgIpc) is 3.03. The molecule has 0 radical (unpaired) electrons. The number of hydrogen-bond acceptors (Lipinski definition) is 1. The van der Waals surface area contributed by atoms with Gasteiger partial charge in [0.15, 0.2) is 8.32 Å². The summed E-state index contributed by atoms with van der Waals surface area (Å²) in [6, 6.07) is 11.5. The number of allylic oxidation sites excluding steroid dienone is 1. The first-order chi connectivity index (χ1) is 11.8. The van der Waals surface area contributed by atoms with Gasteiger partial charge < -0.3 is 4.43 Å². The average molecular weight is 419 g/mol. The minimum atomic E-state index is -1.74. The molecule has 2 aliphatic rings. The van der Waals surface area contributed by atoms with Crippen molar-refractivity contribution in [3.05, 3.63) is 48.0 Å². The second-order valence-corrected chi connectivity index (χ2v) is 43.2. The largest absolute Gasteiger partial charge is 0.411 e. The highest BCUT2D eigenvalue weighted by atomic mass is 29.6. The first-order valence-electron chi connectivity index (χ1n) is 10.2. The molecule has 0 amide bonds. The Morgan fingerprint density at radius 1 is 0.846 bits per heavy atom. The van der Waals surface area contributed by atoms with Crippen molar-refractivity contribution in [1.82, 2.24) is 0 Å². The number of rotatable bonds is 5. The Hall–Kier alpha value is -0.212. The summed E-state index contributed by atoms with van der Waals surface area (Å²) in [6.07, 6.45) is 6.53. The van der Waals surface area contributed by atoms with Gasteiger partial charge in [0.1, 0.15) is 0 Å². The molecule has 1 aliphatic heterocycles. The maximum atomic E-state index is 7.49. The van der Waals surface area contributed by atoms with Gasteiger partial charge in [-0.05, 0) is 37.2 Å². The van der Waals surface area contributed by atoms with E-state index >= 15 is 0 Å². The lowest BCUT2D eigenvalue weighted by molar-refractivity contribution is 0.105. The van der Waals surface area contributed by atoms with E-state index in [1.54, 1.807) is 0 Å². The fourth-order valence-corrected chi connectivity index (χ4v) is 64.1. The highest BCUT2D eigenvalue weighted by molar-refractivity contribution is 7.70. The summed E-state index contributed by atoms with van der Waals surface area (Å²) >= 11 is 0. The van der Waals surface area contributed by atoms with Crippen LogP contribution in [0.15, 0.2) is 42.5 Å². The third-order valence-electron chi connectivity index (χ3n) is 6.78. The van der Waals surface area contributed by atoms with E-state index < -0.39 is 30.6 Å². The van der Waals surface area contributed by atoms with Crippen molar-refractivity contribution in [3.63, 3.8) is 0 Å². The summed E-state index contributed by atoms with van der Waals surface area (Å²) in [5, 5.41) is 0.00704. The molecule has 0 aromatic heterocycles. The fourth-order valence-electron chi connectivity index (χ4n) is 7.07. The SMILES string of the molecule is C[Si](C)(C)O[C@]1(c2ccccc2)[C@H]2C=C[C@H](C2)[Si]1([Si](C)(C)C)[Si](C)(C)C. The lowest BCUT2D eigenvalue weighted by Crippen LogP contribution is -2.83. The van der Waals surface area contributed by atoms with Gasteiger partial charge in [-0.25, -0.2) is 0 Å². The zero-order valence-corrected chi connectivity index (χ0v) is 22.3. The van der Waals surface area contributed by atoms with Crippen molar-refractivity contribution in [2.24, 2.45) is 5.92 Å². The number of hydrogen-bond donors (Lipinski definition) is 0. The Morgan fingerprint density at radius 3 is 1.85 bits per heavy atom. The molecular weight excluding hydrogens is 381 g/mol. The lowest BCUT2D eigenvalue weighted by atomic mass is 9.95. The smallest absolute Gasteiger partial charge is 0.184 e. The van der Waals surface area contributed by atoms with Crippen LogP contribution in [0, 0.1) is 5.92 Å². The van der Waals surface area contributed by atoms with E-state index in [1.165, 1.54) is 12.0 Å². The van der Waals surface area contributed by atoms with Crippen LogP contribution in [-0.2, 0) is 9.65 Å². The fraction of sp³-hybridized carbons (Fsp3) is 0.619. The highest BCUT2D eigenvalue weighted by Gasteiger charge is 2.77. The van der Waals surface area contributed by atoms with Crippen molar-refractivity contribution in [2.75, 3.05) is 0 Å². The van der Waals surface area contributed by atoms with Crippen LogP contribution in [-0.4, -0.2) is 30.6 Å². The molecule has 0 saturated carbocycles. The molecule has 0 spiro atoms. The summed E-state index contributed by atoms with van der Waals surface area (Å²) < 4.78 is 7.49. The predicted molar refractivity (Wildman–Crippen MR) is 126 cm³/mol. The lowest BCUT2D eigenvalue weighted by Gasteiger charge is -2.63. The molecule has 144 valence electrons. The van der Waals surface area contributed by atoms with Crippen LogP contribution in [0.3, 0.4) is 0 Å². The molecule has 3 atom stereocenters. The second-order valence-electron chi connectivity index (χ2n) is 11.5. The van der Waals surface area contributed by atoms with E-state index in [2.05, 4.69) is 101 Å². The van der Waals surface area contributed by atoms with Crippen LogP contribution in [0.25, 0.3) is 0 Å². The van der Waals surface area contributed by atoms with Gasteiger partial charge >= 0.3 is 0 Å². The summed E-state index contributed by atoms with van der Waals surface area (Å²) in [5.41, 5.74) is 2.33. The maximum Gasteiger partial charge on any atom is 0.184 e. The Kier molecular flexibility index (Phi) is 4.85. The van der Waals surface area contributed by atoms with Gasteiger partial charge in [-0.1, -0.05) is 81.8 Å². The summed E-state index contributed by atoms with van der Waals surface area (Å²) in [5.74, 6) is 0.590. The molecule has 1 nitrogen and oxygen atoms in total. The Morgan fingerprint density at radius 2 is 1.38 bits per heavy atom. The first kappa shape index (κ1) is 20.5. The van der Waals surface area contributed by atoms with E-state index in [0.717, 1.165) is 5.54 Å². The van der Waals surface area contributed by atoms with Gasteiger partial charge in [0, 0.05) is 21.1 Å². The molecular formula is C21H38OSi4. The standard InChI is InChI=1S/C21H38OSi4/c1-23(2,3)22-21(18-13-11-10-12-14-18)19-15-16-20(17-19)26(21,24(4,5)6)25(7,8)9/h10-16,19-20H,17H2,1-9H3/t19-,20+,21-/m0/s1. The normalized spacial score (nSPS) is 30.8. The van der Waals surface area contributed by atoms with Crippen molar-refractivity contribution in [2.45, 2.75) is 76.1 Å². The molecule has 3 rings (SSSR count). The van der Waals surface area contributed by atoms with Gasteiger partial charge in [0.05, 0.1) is 12.3 Å². The highest BCUT2D eigenvalue weighted by Crippen LogP contribution is 2.67. The molecule has 1 aromatic carbocycles. The van der Waals surface area contributed by atoms with E-state index in [-0.39, 0.29) is 5.22 Å². The molecule has 1 aromatic rings. The molecule has 26 heavy (non-hydrogen) atoms. The third-order valence-corrected chi connectivity index (χ3v) is 48.3. The maximum absolute atomic E-state index is 7.49. The summed E-state index contributed by atoms with van der Waals surface area (Å²) in [6.45, 7) is 23.3. The van der Waals surface area contributed by atoms with Crippen molar-refractivity contribution in [3.8, 4) is 0 Å². The Bertz CT molecular complexity index is 679. The van der Waals surface area contributed by atoms with E-state index in [0.29, 0.717) is 5.92 Å². The molecule has 0 N–H and O–H groups in total. The van der Waals surface area contributed by atoms with Gasteiger partial charge in [-0.15, -0.1) is 0 Å². The number of benzene rings is 1.